The van der Waals surface area contributed by atoms with Gasteiger partial charge < -0.3 is 10.6 Å². The van der Waals surface area contributed by atoms with Crippen molar-refractivity contribution in [2.24, 2.45) is 5.92 Å². The lowest BCUT2D eigenvalue weighted by atomic mass is 10.1. The average molecular weight is 562 g/mol. The molecule has 2 atom stereocenters. The molecule has 0 aliphatic heterocycles. The SMILES string of the molecule is O=C(Nc1ccc(F)cc1)c1nc(NCC(=O)C2C(c3cc(Cl)cc(Cl)c3)C2(Cl)Cl)ccc1Cl. The van der Waals surface area contributed by atoms with Crippen LogP contribution in [-0.2, 0) is 4.79 Å². The number of hydrogen-bond donors (Lipinski definition) is 2. The van der Waals surface area contributed by atoms with Crippen molar-refractivity contribution in [2.45, 2.75) is 10.3 Å². The summed E-state index contributed by atoms with van der Waals surface area (Å²) >= 11 is 31.0. The van der Waals surface area contributed by atoms with Crippen LogP contribution in [0.4, 0.5) is 15.9 Å². The number of hydrogen-bond acceptors (Lipinski definition) is 4. The predicted octanol–water partition coefficient (Wildman–Crippen LogP) is 7.00. The lowest BCUT2D eigenvalue weighted by Gasteiger charge is -2.10. The summed E-state index contributed by atoms with van der Waals surface area (Å²) in [5.41, 5.74) is 0.981. The molecule has 2 unspecified atom stereocenters. The molecule has 11 heteroatoms. The Morgan fingerprint density at radius 2 is 1.62 bits per heavy atom. The van der Waals surface area contributed by atoms with E-state index in [0.717, 1.165) is 0 Å². The van der Waals surface area contributed by atoms with Gasteiger partial charge in [-0.25, -0.2) is 9.37 Å². The summed E-state index contributed by atoms with van der Waals surface area (Å²) in [4.78, 5) is 29.6. The van der Waals surface area contributed by atoms with Crippen molar-refractivity contribution in [1.82, 2.24) is 4.98 Å². The van der Waals surface area contributed by atoms with Crippen LogP contribution in [-0.4, -0.2) is 27.6 Å². The van der Waals surface area contributed by atoms with Crippen molar-refractivity contribution >= 4 is 81.2 Å². The highest BCUT2D eigenvalue weighted by molar-refractivity contribution is 6.53. The number of benzene rings is 2. The van der Waals surface area contributed by atoms with Crippen LogP contribution in [0.1, 0.15) is 22.0 Å². The molecule has 0 radical (unpaired) electrons. The monoisotopic (exact) mass is 559 g/mol. The molecule has 3 aromatic rings. The number of nitrogens with zero attached hydrogens (tertiary/aromatic N) is 1. The van der Waals surface area contributed by atoms with Gasteiger partial charge in [-0.1, -0.05) is 34.8 Å². The fourth-order valence-corrected chi connectivity index (χ4v) is 5.22. The molecule has 5 nitrogen and oxygen atoms in total. The number of aromatic nitrogens is 1. The van der Waals surface area contributed by atoms with Crippen LogP contribution < -0.4 is 10.6 Å². The van der Waals surface area contributed by atoms with Crippen LogP contribution in [0.15, 0.2) is 54.6 Å². The van der Waals surface area contributed by atoms with Crippen molar-refractivity contribution in [3.05, 3.63) is 86.7 Å². The first-order valence-electron chi connectivity index (χ1n) is 9.90. The highest BCUT2D eigenvalue weighted by atomic mass is 35.5. The van der Waals surface area contributed by atoms with Crippen molar-refractivity contribution in [3.8, 4) is 0 Å². The maximum atomic E-state index is 13.1. The second kappa shape index (κ2) is 9.88. The van der Waals surface area contributed by atoms with Gasteiger partial charge in [-0.05, 0) is 60.2 Å². The highest BCUT2D eigenvalue weighted by Crippen LogP contribution is 2.65. The molecule has 1 aliphatic rings. The average Bonchev–Trinajstić information content (AvgIpc) is 3.36. The zero-order chi connectivity index (χ0) is 24.6. The number of ketones is 1. The van der Waals surface area contributed by atoms with E-state index >= 15 is 0 Å². The number of Topliss-reactive ketones (excluding diaryl/α,β-unsaturated/α-hetero) is 1. The molecular weight excluding hydrogens is 547 g/mol. The van der Waals surface area contributed by atoms with Gasteiger partial charge in [-0.15, -0.1) is 23.2 Å². The van der Waals surface area contributed by atoms with Gasteiger partial charge in [0, 0.05) is 21.7 Å². The smallest absolute Gasteiger partial charge is 0.275 e. The maximum Gasteiger partial charge on any atom is 0.275 e. The summed E-state index contributed by atoms with van der Waals surface area (Å²) in [6.07, 6.45) is 0. The standard InChI is InChI=1S/C23H15Cl5FN3O2/c24-12-7-11(8-13(25)9-12)19-20(23(19,27)28)17(33)10-30-18-6-5-16(26)21(32-18)22(34)31-15-3-1-14(29)2-4-15/h1-9,19-20H,10H2,(H,30,32)(H,31,34). The number of pyridine rings is 1. The molecule has 0 saturated heterocycles. The number of amides is 1. The van der Waals surface area contributed by atoms with Gasteiger partial charge in [-0.3, -0.25) is 9.59 Å². The van der Waals surface area contributed by atoms with E-state index in [-0.39, 0.29) is 28.9 Å². The number of nitrogens with one attached hydrogen (secondary N) is 2. The van der Waals surface area contributed by atoms with Crippen LogP contribution in [0.2, 0.25) is 15.1 Å². The molecule has 1 fully saturated rings. The van der Waals surface area contributed by atoms with Crippen LogP contribution in [0.5, 0.6) is 0 Å². The Balaban J connectivity index is 1.43. The minimum Gasteiger partial charge on any atom is -0.363 e. The molecule has 1 amide bonds. The molecule has 0 bridgehead atoms. The van der Waals surface area contributed by atoms with Crippen molar-refractivity contribution in [2.75, 3.05) is 17.2 Å². The summed E-state index contributed by atoms with van der Waals surface area (Å²) in [5.74, 6) is -2.16. The number of halogens is 6. The summed E-state index contributed by atoms with van der Waals surface area (Å²) in [7, 11) is 0. The highest BCUT2D eigenvalue weighted by Gasteiger charge is 2.67. The fraction of sp³-hybridized carbons (Fsp3) is 0.174. The van der Waals surface area contributed by atoms with E-state index in [9.17, 15) is 14.0 Å². The molecule has 176 valence electrons. The third-order valence-corrected chi connectivity index (χ3v) is 6.93. The fourth-order valence-electron chi connectivity index (χ4n) is 3.61. The first kappa shape index (κ1) is 25.0. The summed E-state index contributed by atoms with van der Waals surface area (Å²) in [6.45, 7) is -0.135. The zero-order valence-corrected chi connectivity index (χ0v) is 20.9. The maximum absolute atomic E-state index is 13.1. The Bertz CT molecular complexity index is 1250. The third kappa shape index (κ3) is 5.42. The number of anilines is 2. The van der Waals surface area contributed by atoms with E-state index in [2.05, 4.69) is 15.6 Å². The number of alkyl halides is 2. The molecule has 34 heavy (non-hydrogen) atoms. The minimum atomic E-state index is -1.29. The Kier molecular flexibility index (Phi) is 7.27. The molecule has 1 saturated carbocycles. The Hall–Kier alpha value is -2.09. The number of rotatable bonds is 7. The molecule has 0 spiro atoms. The van der Waals surface area contributed by atoms with Crippen LogP contribution in [0.3, 0.4) is 0 Å². The predicted molar refractivity (Wildman–Crippen MR) is 134 cm³/mol. The topological polar surface area (TPSA) is 71.1 Å². The Morgan fingerprint density at radius 1 is 0.971 bits per heavy atom. The van der Waals surface area contributed by atoms with E-state index in [1.807, 2.05) is 0 Å². The van der Waals surface area contributed by atoms with Crippen LogP contribution >= 0.6 is 58.0 Å². The number of carbonyl (C=O) groups is 2. The Morgan fingerprint density at radius 3 is 2.26 bits per heavy atom. The third-order valence-electron chi connectivity index (χ3n) is 5.25. The Labute approximate surface area is 219 Å². The van der Waals surface area contributed by atoms with Crippen molar-refractivity contribution in [1.29, 1.82) is 0 Å². The summed E-state index contributed by atoms with van der Waals surface area (Å²) < 4.78 is 11.8. The second-order valence-corrected chi connectivity index (χ2v) is 10.4. The van der Waals surface area contributed by atoms with Crippen LogP contribution in [0, 0.1) is 11.7 Å². The van der Waals surface area contributed by atoms with Gasteiger partial charge in [0.25, 0.3) is 5.91 Å². The largest absolute Gasteiger partial charge is 0.363 e. The minimum absolute atomic E-state index is 0.0645. The summed E-state index contributed by atoms with van der Waals surface area (Å²) in [5, 5.41) is 6.40. The first-order valence-corrected chi connectivity index (χ1v) is 11.8. The second-order valence-electron chi connectivity index (χ2n) is 7.64. The van der Waals surface area contributed by atoms with E-state index in [1.165, 1.54) is 36.4 Å². The number of carbonyl (C=O) groups excluding carboxylic acids is 2. The van der Waals surface area contributed by atoms with Gasteiger partial charge >= 0.3 is 0 Å². The van der Waals surface area contributed by atoms with E-state index in [0.29, 0.717) is 21.3 Å². The lowest BCUT2D eigenvalue weighted by Crippen LogP contribution is -2.20. The van der Waals surface area contributed by atoms with E-state index in [1.54, 1.807) is 18.2 Å². The molecular formula is C23H15Cl5FN3O2. The van der Waals surface area contributed by atoms with Gasteiger partial charge in [0.2, 0.25) is 0 Å². The summed E-state index contributed by atoms with van der Waals surface area (Å²) in [6, 6.07) is 13.2. The molecule has 1 heterocycles. The van der Waals surface area contributed by atoms with Gasteiger partial charge in [0.05, 0.1) is 17.5 Å². The molecule has 2 N–H and O–H groups in total. The van der Waals surface area contributed by atoms with Gasteiger partial charge in [-0.2, -0.15) is 0 Å². The van der Waals surface area contributed by atoms with Crippen molar-refractivity contribution < 1.29 is 14.0 Å². The normalized spacial score (nSPS) is 18.3. The van der Waals surface area contributed by atoms with Crippen LogP contribution in [0.25, 0.3) is 0 Å². The molecule has 4 rings (SSSR count). The quantitative estimate of drug-likeness (QED) is 0.305. The van der Waals surface area contributed by atoms with E-state index in [4.69, 9.17) is 58.0 Å². The van der Waals surface area contributed by atoms with Gasteiger partial charge in [0.1, 0.15) is 21.7 Å². The van der Waals surface area contributed by atoms with Crippen molar-refractivity contribution in [3.63, 3.8) is 0 Å². The zero-order valence-electron chi connectivity index (χ0n) is 17.1. The molecule has 1 aliphatic carbocycles. The van der Waals surface area contributed by atoms with E-state index < -0.39 is 27.9 Å². The molecule has 2 aromatic carbocycles. The lowest BCUT2D eigenvalue weighted by molar-refractivity contribution is -0.118. The first-order chi connectivity index (χ1) is 16.1. The molecule has 1 aromatic heterocycles. The van der Waals surface area contributed by atoms with Gasteiger partial charge in [0.15, 0.2) is 5.78 Å².